The highest BCUT2D eigenvalue weighted by atomic mass is 32.1. The maximum absolute atomic E-state index is 12.7. The Morgan fingerprint density at radius 3 is 2.92 bits per heavy atom. The molecule has 138 valence electrons. The van der Waals surface area contributed by atoms with Gasteiger partial charge in [-0.1, -0.05) is 13.0 Å². The van der Waals surface area contributed by atoms with Gasteiger partial charge in [0, 0.05) is 17.1 Å². The van der Waals surface area contributed by atoms with E-state index in [2.05, 4.69) is 33.8 Å². The second kappa shape index (κ2) is 8.07. The summed E-state index contributed by atoms with van der Waals surface area (Å²) in [5, 5.41) is 14.7. The fourth-order valence-corrected chi connectivity index (χ4v) is 4.38. The number of carbonyl (C=O) groups is 1. The summed E-state index contributed by atoms with van der Waals surface area (Å²) in [5.74, 6) is 1.23. The number of nitrogens with one attached hydrogen (secondary N) is 1. The molecule has 1 N–H and O–H groups in total. The molecular formula is C20H26N4OS. The van der Waals surface area contributed by atoms with E-state index in [1.54, 1.807) is 11.3 Å². The first-order chi connectivity index (χ1) is 12.5. The number of hydrogen-bond acceptors (Lipinski definition) is 4. The van der Waals surface area contributed by atoms with E-state index in [0.29, 0.717) is 30.4 Å². The van der Waals surface area contributed by atoms with Crippen LogP contribution in [0.3, 0.4) is 0 Å². The average Bonchev–Trinajstić information content (AvgIpc) is 3.18. The SMILES string of the molecule is Cc1c(C#N)c(NC(=O)CN2CCC[C@@H](C)C2)n(Cc2cccs2)c1C. The van der Waals surface area contributed by atoms with Crippen molar-refractivity contribution in [3.8, 4) is 6.07 Å². The first kappa shape index (κ1) is 18.7. The van der Waals surface area contributed by atoms with Crippen LogP contribution in [-0.4, -0.2) is 35.0 Å². The van der Waals surface area contributed by atoms with Crippen molar-refractivity contribution >= 4 is 23.1 Å². The van der Waals surface area contributed by atoms with Crippen LogP contribution in [0.2, 0.25) is 0 Å². The van der Waals surface area contributed by atoms with Crippen LogP contribution in [0.25, 0.3) is 0 Å². The summed E-state index contributed by atoms with van der Waals surface area (Å²) in [5.41, 5.74) is 2.53. The lowest BCUT2D eigenvalue weighted by Crippen LogP contribution is -2.40. The molecule has 26 heavy (non-hydrogen) atoms. The molecule has 0 aromatic carbocycles. The van der Waals surface area contributed by atoms with Crippen molar-refractivity contribution in [3.05, 3.63) is 39.2 Å². The summed E-state index contributed by atoms with van der Waals surface area (Å²) in [6.45, 7) is 9.17. The van der Waals surface area contributed by atoms with Crippen LogP contribution in [0.5, 0.6) is 0 Å². The molecule has 1 atom stereocenters. The third-order valence-electron chi connectivity index (χ3n) is 5.20. The number of rotatable bonds is 5. The van der Waals surface area contributed by atoms with Gasteiger partial charge in [-0.2, -0.15) is 5.26 Å². The minimum atomic E-state index is -0.0412. The first-order valence-corrected chi connectivity index (χ1v) is 10.0. The molecule has 2 aromatic rings. The Morgan fingerprint density at radius 1 is 1.46 bits per heavy atom. The third-order valence-corrected chi connectivity index (χ3v) is 6.06. The number of amides is 1. The van der Waals surface area contributed by atoms with Crippen LogP contribution in [0.4, 0.5) is 5.82 Å². The van der Waals surface area contributed by atoms with Gasteiger partial charge in [-0.05, 0) is 56.2 Å². The summed E-state index contributed by atoms with van der Waals surface area (Å²) in [6.07, 6.45) is 2.38. The molecule has 0 bridgehead atoms. The van der Waals surface area contributed by atoms with Gasteiger partial charge in [-0.15, -0.1) is 11.3 Å². The normalized spacial score (nSPS) is 17.8. The molecule has 1 saturated heterocycles. The Labute approximate surface area is 159 Å². The highest BCUT2D eigenvalue weighted by Crippen LogP contribution is 2.28. The topological polar surface area (TPSA) is 61.1 Å². The summed E-state index contributed by atoms with van der Waals surface area (Å²) in [7, 11) is 0. The van der Waals surface area contributed by atoms with Gasteiger partial charge in [0.25, 0.3) is 0 Å². The van der Waals surface area contributed by atoms with Crippen LogP contribution < -0.4 is 5.32 Å². The van der Waals surface area contributed by atoms with Gasteiger partial charge >= 0.3 is 0 Å². The molecule has 0 spiro atoms. The first-order valence-electron chi connectivity index (χ1n) is 9.14. The van der Waals surface area contributed by atoms with E-state index in [0.717, 1.165) is 30.8 Å². The number of piperidine rings is 1. The van der Waals surface area contributed by atoms with Gasteiger partial charge in [-0.25, -0.2) is 0 Å². The average molecular weight is 371 g/mol. The Kier molecular flexibility index (Phi) is 5.80. The minimum Gasteiger partial charge on any atom is -0.325 e. The Hall–Kier alpha value is -2.10. The molecule has 1 aliphatic rings. The van der Waals surface area contributed by atoms with Gasteiger partial charge < -0.3 is 9.88 Å². The van der Waals surface area contributed by atoms with Gasteiger partial charge in [0.2, 0.25) is 5.91 Å². The van der Waals surface area contributed by atoms with E-state index in [9.17, 15) is 10.1 Å². The second-order valence-electron chi connectivity index (χ2n) is 7.24. The van der Waals surface area contributed by atoms with Crippen molar-refractivity contribution in [3.63, 3.8) is 0 Å². The lowest BCUT2D eigenvalue weighted by Gasteiger charge is -2.30. The second-order valence-corrected chi connectivity index (χ2v) is 8.27. The number of nitrogens with zero attached hydrogens (tertiary/aromatic N) is 3. The third kappa shape index (κ3) is 4.00. The highest BCUT2D eigenvalue weighted by Gasteiger charge is 2.22. The maximum Gasteiger partial charge on any atom is 0.239 e. The number of carbonyl (C=O) groups excluding carboxylic acids is 1. The lowest BCUT2D eigenvalue weighted by atomic mass is 10.0. The molecule has 0 radical (unpaired) electrons. The van der Waals surface area contributed by atoms with Crippen LogP contribution in [-0.2, 0) is 11.3 Å². The largest absolute Gasteiger partial charge is 0.325 e. The molecule has 3 heterocycles. The predicted octanol–water partition coefficient (Wildman–Crippen LogP) is 3.76. The predicted molar refractivity (Wildman–Crippen MR) is 106 cm³/mol. The number of aromatic nitrogens is 1. The summed E-state index contributed by atoms with van der Waals surface area (Å²) in [6, 6.07) is 6.37. The van der Waals surface area contributed by atoms with E-state index in [-0.39, 0.29) is 5.91 Å². The molecule has 3 rings (SSSR count). The fourth-order valence-electron chi connectivity index (χ4n) is 3.69. The van der Waals surface area contributed by atoms with Gasteiger partial charge in [-0.3, -0.25) is 9.69 Å². The molecule has 1 aliphatic heterocycles. The minimum absolute atomic E-state index is 0.0412. The van der Waals surface area contributed by atoms with Crippen molar-refractivity contribution < 1.29 is 4.79 Å². The Morgan fingerprint density at radius 2 is 2.27 bits per heavy atom. The van der Waals surface area contributed by atoms with Crippen molar-refractivity contribution in [1.82, 2.24) is 9.47 Å². The highest BCUT2D eigenvalue weighted by molar-refractivity contribution is 7.09. The van der Waals surface area contributed by atoms with Gasteiger partial charge in [0.15, 0.2) is 0 Å². The van der Waals surface area contributed by atoms with Crippen molar-refractivity contribution in [2.45, 2.75) is 40.2 Å². The van der Waals surface area contributed by atoms with Crippen molar-refractivity contribution in [2.24, 2.45) is 5.92 Å². The van der Waals surface area contributed by atoms with E-state index in [1.165, 1.54) is 11.3 Å². The molecule has 5 nitrogen and oxygen atoms in total. The zero-order valence-corrected chi connectivity index (χ0v) is 16.5. The monoisotopic (exact) mass is 370 g/mol. The maximum atomic E-state index is 12.7. The Bertz CT molecular complexity index is 816. The number of nitriles is 1. The van der Waals surface area contributed by atoms with E-state index in [4.69, 9.17) is 0 Å². The number of thiophene rings is 1. The zero-order valence-electron chi connectivity index (χ0n) is 15.7. The molecule has 1 fully saturated rings. The van der Waals surface area contributed by atoms with E-state index in [1.807, 2.05) is 25.3 Å². The molecule has 2 aromatic heterocycles. The molecule has 0 aliphatic carbocycles. The molecule has 0 unspecified atom stereocenters. The zero-order chi connectivity index (χ0) is 18.7. The summed E-state index contributed by atoms with van der Waals surface area (Å²) >= 11 is 1.68. The quantitative estimate of drug-likeness (QED) is 0.872. The summed E-state index contributed by atoms with van der Waals surface area (Å²) < 4.78 is 2.05. The summed E-state index contributed by atoms with van der Waals surface area (Å²) in [4.78, 5) is 16.1. The van der Waals surface area contributed by atoms with E-state index < -0.39 is 0 Å². The Balaban J connectivity index is 1.80. The van der Waals surface area contributed by atoms with Crippen molar-refractivity contribution in [2.75, 3.05) is 25.0 Å². The van der Waals surface area contributed by atoms with Crippen LogP contribution in [0.1, 0.15) is 41.5 Å². The molecule has 6 heteroatoms. The van der Waals surface area contributed by atoms with Crippen LogP contribution >= 0.6 is 11.3 Å². The van der Waals surface area contributed by atoms with Crippen LogP contribution in [0, 0.1) is 31.1 Å². The van der Waals surface area contributed by atoms with E-state index >= 15 is 0 Å². The standard InChI is InChI=1S/C20H26N4OS/c1-14-6-4-8-23(11-14)13-19(25)22-20-18(10-21)15(2)16(3)24(20)12-17-7-5-9-26-17/h5,7,9,14H,4,6,8,11-13H2,1-3H3,(H,22,25)/t14-/m1/s1. The van der Waals surface area contributed by atoms with Crippen LogP contribution in [0.15, 0.2) is 17.5 Å². The fraction of sp³-hybridized carbons (Fsp3) is 0.500. The smallest absolute Gasteiger partial charge is 0.239 e. The number of hydrogen-bond donors (Lipinski definition) is 1. The number of anilines is 1. The van der Waals surface area contributed by atoms with Gasteiger partial charge in [0.1, 0.15) is 11.9 Å². The molecular weight excluding hydrogens is 344 g/mol. The van der Waals surface area contributed by atoms with Gasteiger partial charge in [0.05, 0.1) is 18.7 Å². The molecule has 1 amide bonds. The lowest BCUT2D eigenvalue weighted by molar-refractivity contribution is -0.117. The molecule has 0 saturated carbocycles. The number of likely N-dealkylation sites (tertiary alicyclic amines) is 1. The van der Waals surface area contributed by atoms with Crippen molar-refractivity contribution in [1.29, 1.82) is 5.26 Å².